The highest BCUT2D eigenvalue weighted by Crippen LogP contribution is 2.25. The van der Waals surface area contributed by atoms with E-state index in [9.17, 15) is 4.39 Å². The predicted molar refractivity (Wildman–Crippen MR) is 90.6 cm³/mol. The Balaban J connectivity index is 1.36. The van der Waals surface area contributed by atoms with Crippen LogP contribution in [0.4, 0.5) is 4.39 Å². The molecule has 7 nitrogen and oxygen atoms in total. The van der Waals surface area contributed by atoms with Crippen molar-refractivity contribution in [3.05, 3.63) is 71.9 Å². The van der Waals surface area contributed by atoms with Crippen molar-refractivity contribution in [2.45, 2.75) is 17.4 Å². The summed E-state index contributed by atoms with van der Waals surface area (Å²) in [6, 6.07) is 9.78. The van der Waals surface area contributed by atoms with Crippen molar-refractivity contribution in [1.29, 1.82) is 0 Å². The summed E-state index contributed by atoms with van der Waals surface area (Å²) < 4.78 is 23.7. The Morgan fingerprint density at radius 3 is 2.62 bits per heavy atom. The first-order chi connectivity index (χ1) is 12.8. The first kappa shape index (κ1) is 16.4. The summed E-state index contributed by atoms with van der Waals surface area (Å²) in [5, 5.41) is 12.3. The fraction of sp³-hybridized carbons (Fsp3) is 0.118. The molecule has 4 aromatic rings. The summed E-state index contributed by atoms with van der Waals surface area (Å²) in [7, 11) is 0. The van der Waals surface area contributed by atoms with Gasteiger partial charge in [0.15, 0.2) is 5.82 Å². The van der Waals surface area contributed by atoms with Crippen LogP contribution in [0.2, 0.25) is 0 Å². The van der Waals surface area contributed by atoms with Crippen molar-refractivity contribution >= 4 is 11.8 Å². The molecule has 1 aromatic carbocycles. The molecular weight excluding hydrogens is 357 g/mol. The molecule has 3 heterocycles. The summed E-state index contributed by atoms with van der Waals surface area (Å²) in [6.07, 6.45) is 3.79. The Morgan fingerprint density at radius 1 is 1.00 bits per heavy atom. The van der Waals surface area contributed by atoms with Gasteiger partial charge in [-0.3, -0.25) is 4.98 Å². The van der Waals surface area contributed by atoms with Crippen molar-refractivity contribution in [3.8, 4) is 11.5 Å². The molecule has 0 spiro atoms. The van der Waals surface area contributed by atoms with E-state index < -0.39 is 0 Å². The van der Waals surface area contributed by atoms with Gasteiger partial charge < -0.3 is 8.94 Å². The first-order valence-electron chi connectivity index (χ1n) is 7.69. The second-order valence-electron chi connectivity index (χ2n) is 5.31. The van der Waals surface area contributed by atoms with Gasteiger partial charge in [0.1, 0.15) is 5.82 Å². The molecule has 0 bridgehead atoms. The molecule has 0 atom stereocenters. The molecule has 0 aliphatic rings. The van der Waals surface area contributed by atoms with Gasteiger partial charge in [-0.2, -0.15) is 4.98 Å². The smallest absolute Gasteiger partial charge is 0.277 e. The summed E-state index contributed by atoms with van der Waals surface area (Å²) in [5.74, 6) is 1.56. The van der Waals surface area contributed by atoms with Crippen LogP contribution in [0.1, 0.15) is 17.3 Å². The highest BCUT2D eigenvalue weighted by molar-refractivity contribution is 7.98. The van der Waals surface area contributed by atoms with Gasteiger partial charge in [0.2, 0.25) is 11.8 Å². The minimum atomic E-state index is -0.273. The Bertz CT molecular complexity index is 988. The third kappa shape index (κ3) is 3.94. The van der Waals surface area contributed by atoms with E-state index >= 15 is 0 Å². The molecule has 0 amide bonds. The lowest BCUT2D eigenvalue weighted by atomic mass is 10.1. The summed E-state index contributed by atoms with van der Waals surface area (Å²) >= 11 is 1.31. The zero-order valence-electron chi connectivity index (χ0n) is 13.4. The van der Waals surface area contributed by atoms with E-state index in [0.29, 0.717) is 35.0 Å². The van der Waals surface area contributed by atoms with E-state index in [1.165, 1.54) is 23.9 Å². The lowest BCUT2D eigenvalue weighted by Gasteiger charge is -1.95. The second-order valence-corrected chi connectivity index (χ2v) is 6.23. The number of hydrogen-bond donors (Lipinski definition) is 0. The fourth-order valence-corrected chi connectivity index (χ4v) is 2.81. The molecule has 26 heavy (non-hydrogen) atoms. The van der Waals surface area contributed by atoms with Crippen LogP contribution in [0, 0.1) is 5.82 Å². The maximum atomic E-state index is 12.9. The largest absolute Gasteiger partial charge is 0.411 e. The molecule has 0 fully saturated rings. The molecule has 0 aliphatic heterocycles. The minimum Gasteiger partial charge on any atom is -0.411 e. The van der Waals surface area contributed by atoms with Crippen LogP contribution in [0.25, 0.3) is 11.5 Å². The topological polar surface area (TPSA) is 90.7 Å². The summed E-state index contributed by atoms with van der Waals surface area (Å²) in [6.45, 7) is 0. The van der Waals surface area contributed by atoms with E-state index in [0.717, 1.165) is 11.1 Å². The molecule has 0 N–H and O–H groups in total. The maximum Gasteiger partial charge on any atom is 0.277 e. The molecule has 9 heteroatoms. The predicted octanol–water partition coefficient (Wildman–Crippen LogP) is 3.54. The number of nitrogens with zero attached hydrogens (tertiary/aromatic N) is 5. The molecule has 0 saturated carbocycles. The fourth-order valence-electron chi connectivity index (χ4n) is 2.21. The van der Waals surface area contributed by atoms with Crippen molar-refractivity contribution in [3.63, 3.8) is 0 Å². The number of pyridine rings is 1. The summed E-state index contributed by atoms with van der Waals surface area (Å²) in [4.78, 5) is 8.27. The first-order valence-corrected chi connectivity index (χ1v) is 8.67. The molecule has 0 saturated heterocycles. The highest BCUT2D eigenvalue weighted by atomic mass is 32.2. The van der Waals surface area contributed by atoms with Crippen LogP contribution in [0.5, 0.6) is 0 Å². The van der Waals surface area contributed by atoms with Gasteiger partial charge in [-0.25, -0.2) is 4.39 Å². The van der Waals surface area contributed by atoms with Gasteiger partial charge in [-0.05, 0) is 29.8 Å². The number of halogens is 1. The van der Waals surface area contributed by atoms with Gasteiger partial charge >= 0.3 is 0 Å². The zero-order chi connectivity index (χ0) is 17.8. The van der Waals surface area contributed by atoms with E-state index in [2.05, 4.69) is 25.3 Å². The lowest BCUT2D eigenvalue weighted by Crippen LogP contribution is -1.91. The van der Waals surface area contributed by atoms with E-state index in [1.807, 2.05) is 0 Å². The van der Waals surface area contributed by atoms with Crippen molar-refractivity contribution in [1.82, 2.24) is 25.3 Å². The molecule has 0 radical (unpaired) electrons. The Kier molecular flexibility index (Phi) is 4.69. The number of hydrogen-bond acceptors (Lipinski definition) is 8. The average molecular weight is 369 g/mol. The molecule has 4 rings (SSSR count). The van der Waals surface area contributed by atoms with E-state index in [1.54, 1.807) is 36.7 Å². The number of aromatic nitrogens is 5. The van der Waals surface area contributed by atoms with Crippen LogP contribution in [-0.4, -0.2) is 25.3 Å². The van der Waals surface area contributed by atoms with Gasteiger partial charge in [-0.1, -0.05) is 29.1 Å². The zero-order valence-corrected chi connectivity index (χ0v) is 14.2. The van der Waals surface area contributed by atoms with Gasteiger partial charge in [0.05, 0.1) is 5.75 Å². The van der Waals surface area contributed by atoms with Gasteiger partial charge in [0.25, 0.3) is 5.22 Å². The van der Waals surface area contributed by atoms with Crippen LogP contribution < -0.4 is 0 Å². The van der Waals surface area contributed by atoms with Crippen LogP contribution >= 0.6 is 11.8 Å². The molecule has 3 aromatic heterocycles. The molecular formula is C17H12FN5O2S. The number of thioether (sulfide) groups is 1. The normalized spacial score (nSPS) is 11.0. The van der Waals surface area contributed by atoms with E-state index in [4.69, 9.17) is 8.94 Å². The number of benzene rings is 1. The molecule has 0 unspecified atom stereocenters. The Morgan fingerprint density at radius 2 is 1.81 bits per heavy atom. The quantitative estimate of drug-likeness (QED) is 0.477. The second kappa shape index (κ2) is 7.44. The minimum absolute atomic E-state index is 0.273. The SMILES string of the molecule is Fc1ccc(Cc2noc(CSc3nnc(-c4ccncc4)o3)n2)cc1. The van der Waals surface area contributed by atoms with Gasteiger partial charge in [-0.15, -0.1) is 10.2 Å². The average Bonchev–Trinajstić information content (AvgIpc) is 3.32. The maximum absolute atomic E-state index is 12.9. The van der Waals surface area contributed by atoms with Crippen molar-refractivity contribution < 1.29 is 13.3 Å². The lowest BCUT2D eigenvalue weighted by molar-refractivity contribution is 0.385. The standard InChI is InChI=1S/C17H12FN5O2S/c18-13-3-1-11(2-4-13)9-14-20-15(25-23-14)10-26-17-22-21-16(24-17)12-5-7-19-8-6-12/h1-8H,9-10H2. The third-order valence-corrected chi connectivity index (χ3v) is 4.24. The van der Waals surface area contributed by atoms with E-state index in [-0.39, 0.29) is 5.82 Å². The van der Waals surface area contributed by atoms with Crippen LogP contribution in [-0.2, 0) is 12.2 Å². The number of rotatable bonds is 6. The molecule has 130 valence electrons. The van der Waals surface area contributed by atoms with Crippen molar-refractivity contribution in [2.75, 3.05) is 0 Å². The van der Waals surface area contributed by atoms with Crippen LogP contribution in [0.3, 0.4) is 0 Å². The summed E-state index contributed by atoms with van der Waals surface area (Å²) in [5.41, 5.74) is 1.71. The van der Waals surface area contributed by atoms with Crippen LogP contribution in [0.15, 0.2) is 63.0 Å². The van der Waals surface area contributed by atoms with Gasteiger partial charge in [0, 0.05) is 24.4 Å². The molecule has 0 aliphatic carbocycles. The monoisotopic (exact) mass is 369 g/mol. The van der Waals surface area contributed by atoms with Crippen molar-refractivity contribution in [2.24, 2.45) is 0 Å². The third-order valence-electron chi connectivity index (χ3n) is 3.44. The highest BCUT2D eigenvalue weighted by Gasteiger charge is 2.12. The Labute approximate surface area is 151 Å². The Hall–Kier alpha value is -3.07.